The standard InChI is InChI=1S/C16H12Br2N4O3S/c1-10-9-13(20-22(10)15-12(18)6-4-8-19-15)16(23)21-26(24,25)14-7-3-2-5-11(14)17/h2-9H,1H3,(H,21,23). The average molecular weight is 500 g/mol. The van der Waals surface area contributed by atoms with Gasteiger partial charge in [-0.3, -0.25) is 4.79 Å². The van der Waals surface area contributed by atoms with Crippen LogP contribution in [-0.2, 0) is 10.0 Å². The fourth-order valence-corrected chi connectivity index (χ4v) is 4.61. The molecule has 0 aliphatic carbocycles. The van der Waals surface area contributed by atoms with E-state index in [0.29, 0.717) is 20.5 Å². The summed E-state index contributed by atoms with van der Waals surface area (Å²) in [6, 6.07) is 11.3. The number of carbonyl (C=O) groups excluding carboxylic acids is 1. The molecule has 3 rings (SSSR count). The first kappa shape index (κ1) is 18.7. The van der Waals surface area contributed by atoms with Crippen molar-refractivity contribution in [3.05, 3.63) is 69.0 Å². The van der Waals surface area contributed by atoms with E-state index in [9.17, 15) is 13.2 Å². The maximum atomic E-state index is 12.4. The lowest BCUT2D eigenvalue weighted by atomic mass is 10.3. The zero-order chi connectivity index (χ0) is 18.9. The first-order chi connectivity index (χ1) is 12.3. The lowest BCUT2D eigenvalue weighted by molar-refractivity contribution is 0.0976. The van der Waals surface area contributed by atoms with E-state index in [1.165, 1.54) is 16.8 Å². The van der Waals surface area contributed by atoms with E-state index >= 15 is 0 Å². The number of aryl methyl sites for hydroxylation is 1. The number of carbonyl (C=O) groups is 1. The summed E-state index contributed by atoms with van der Waals surface area (Å²) in [5.74, 6) is -0.327. The molecule has 2 aromatic heterocycles. The second-order valence-corrected chi connectivity index (χ2v) is 8.62. The van der Waals surface area contributed by atoms with E-state index in [0.717, 1.165) is 0 Å². The van der Waals surface area contributed by atoms with Gasteiger partial charge in [-0.25, -0.2) is 22.8 Å². The third-order valence-corrected chi connectivity index (χ3v) is 6.38. The third kappa shape index (κ3) is 3.71. The molecule has 0 saturated heterocycles. The highest BCUT2D eigenvalue weighted by atomic mass is 79.9. The number of benzene rings is 1. The van der Waals surface area contributed by atoms with Gasteiger partial charge in [0.15, 0.2) is 11.5 Å². The third-order valence-electron chi connectivity index (χ3n) is 3.41. The van der Waals surface area contributed by atoms with Crippen LogP contribution in [-0.4, -0.2) is 29.1 Å². The molecular weight excluding hydrogens is 488 g/mol. The van der Waals surface area contributed by atoms with Gasteiger partial charge >= 0.3 is 0 Å². The molecule has 26 heavy (non-hydrogen) atoms. The number of hydrogen-bond donors (Lipinski definition) is 1. The quantitative estimate of drug-likeness (QED) is 0.594. The molecule has 134 valence electrons. The smallest absolute Gasteiger partial charge is 0.266 e. The van der Waals surface area contributed by atoms with Crippen molar-refractivity contribution in [3.63, 3.8) is 0 Å². The topological polar surface area (TPSA) is 94.0 Å². The van der Waals surface area contributed by atoms with Crippen LogP contribution in [0.25, 0.3) is 5.82 Å². The Balaban J connectivity index is 1.91. The van der Waals surface area contributed by atoms with Crippen LogP contribution in [0.1, 0.15) is 16.2 Å². The first-order valence-electron chi connectivity index (χ1n) is 7.29. The van der Waals surface area contributed by atoms with E-state index in [-0.39, 0.29) is 10.6 Å². The summed E-state index contributed by atoms with van der Waals surface area (Å²) in [4.78, 5) is 16.6. The van der Waals surface area contributed by atoms with Crippen molar-refractivity contribution in [1.82, 2.24) is 19.5 Å². The van der Waals surface area contributed by atoms with E-state index in [1.54, 1.807) is 43.5 Å². The molecular formula is C16H12Br2N4O3S. The number of halogens is 2. The summed E-state index contributed by atoms with van der Waals surface area (Å²) in [6.07, 6.45) is 1.60. The largest absolute Gasteiger partial charge is 0.285 e. The van der Waals surface area contributed by atoms with Gasteiger partial charge in [0.05, 0.1) is 4.47 Å². The minimum Gasteiger partial charge on any atom is -0.266 e. The molecule has 0 aliphatic heterocycles. The van der Waals surface area contributed by atoms with Crippen LogP contribution in [0.3, 0.4) is 0 Å². The first-order valence-corrected chi connectivity index (χ1v) is 10.4. The Morgan fingerprint density at radius 3 is 2.50 bits per heavy atom. The lowest BCUT2D eigenvalue weighted by Crippen LogP contribution is -2.31. The van der Waals surface area contributed by atoms with Crippen LogP contribution in [0.4, 0.5) is 0 Å². The highest BCUT2D eigenvalue weighted by Gasteiger charge is 2.23. The molecule has 0 bridgehead atoms. The van der Waals surface area contributed by atoms with Crippen molar-refractivity contribution < 1.29 is 13.2 Å². The van der Waals surface area contributed by atoms with Crippen LogP contribution in [0, 0.1) is 6.92 Å². The monoisotopic (exact) mass is 498 g/mol. The van der Waals surface area contributed by atoms with Gasteiger partial charge in [-0.15, -0.1) is 0 Å². The molecule has 0 aliphatic rings. The van der Waals surface area contributed by atoms with Gasteiger partial charge in [0.2, 0.25) is 0 Å². The maximum Gasteiger partial charge on any atom is 0.285 e. The second-order valence-electron chi connectivity index (χ2n) is 5.26. The zero-order valence-electron chi connectivity index (χ0n) is 13.3. The summed E-state index contributed by atoms with van der Waals surface area (Å²) in [7, 11) is -4.04. The Kier molecular flexibility index (Phi) is 5.26. The highest BCUT2D eigenvalue weighted by molar-refractivity contribution is 9.10. The predicted octanol–water partition coefficient (Wildman–Crippen LogP) is 3.22. The van der Waals surface area contributed by atoms with Crippen LogP contribution >= 0.6 is 31.9 Å². The number of nitrogens with one attached hydrogen (secondary N) is 1. The van der Waals surface area contributed by atoms with Crippen molar-refractivity contribution >= 4 is 47.8 Å². The number of sulfonamides is 1. The Morgan fingerprint density at radius 2 is 1.81 bits per heavy atom. The summed E-state index contributed by atoms with van der Waals surface area (Å²) in [5.41, 5.74) is 0.600. The molecule has 3 aromatic rings. The molecule has 1 N–H and O–H groups in total. The van der Waals surface area contributed by atoms with Gasteiger partial charge in [0.25, 0.3) is 15.9 Å². The summed E-state index contributed by atoms with van der Waals surface area (Å²) >= 11 is 6.54. The minimum atomic E-state index is -4.04. The molecule has 1 amide bonds. The number of pyridine rings is 1. The van der Waals surface area contributed by atoms with Crippen molar-refractivity contribution in [1.29, 1.82) is 0 Å². The van der Waals surface area contributed by atoms with Gasteiger partial charge in [-0.05, 0) is 69.1 Å². The lowest BCUT2D eigenvalue weighted by Gasteiger charge is -2.07. The number of rotatable bonds is 4. The van der Waals surface area contributed by atoms with Crippen molar-refractivity contribution in [2.75, 3.05) is 0 Å². The van der Waals surface area contributed by atoms with Crippen molar-refractivity contribution in [3.8, 4) is 5.82 Å². The minimum absolute atomic E-state index is 0.0306. The number of hydrogen-bond acceptors (Lipinski definition) is 5. The summed E-state index contributed by atoms with van der Waals surface area (Å²) in [5, 5.41) is 4.18. The predicted molar refractivity (Wildman–Crippen MR) is 103 cm³/mol. The van der Waals surface area contributed by atoms with Crippen LogP contribution in [0.5, 0.6) is 0 Å². The van der Waals surface area contributed by atoms with Crippen molar-refractivity contribution in [2.45, 2.75) is 11.8 Å². The van der Waals surface area contributed by atoms with E-state index in [2.05, 4.69) is 41.9 Å². The fraction of sp³-hybridized carbons (Fsp3) is 0.0625. The Hall–Kier alpha value is -2.04. The summed E-state index contributed by atoms with van der Waals surface area (Å²) < 4.78 is 29.4. The normalized spacial score (nSPS) is 11.3. The van der Waals surface area contributed by atoms with Gasteiger partial charge in [0.1, 0.15) is 4.90 Å². The number of aromatic nitrogens is 3. The average Bonchev–Trinajstić information content (AvgIpc) is 2.97. The Labute approximate surface area is 166 Å². The Bertz CT molecular complexity index is 1100. The van der Waals surface area contributed by atoms with Gasteiger partial charge in [-0.1, -0.05) is 12.1 Å². The fourth-order valence-electron chi connectivity index (χ4n) is 2.23. The van der Waals surface area contributed by atoms with Crippen LogP contribution in [0.2, 0.25) is 0 Å². The van der Waals surface area contributed by atoms with Gasteiger partial charge < -0.3 is 0 Å². The molecule has 10 heteroatoms. The van der Waals surface area contributed by atoms with Crippen LogP contribution in [0.15, 0.2) is 62.5 Å². The molecule has 1 aromatic carbocycles. The van der Waals surface area contributed by atoms with Crippen molar-refractivity contribution in [2.24, 2.45) is 0 Å². The Morgan fingerprint density at radius 1 is 1.12 bits per heavy atom. The molecule has 0 spiro atoms. The molecule has 7 nitrogen and oxygen atoms in total. The molecule has 0 radical (unpaired) electrons. The number of amides is 1. The SMILES string of the molecule is Cc1cc(C(=O)NS(=O)(=O)c2ccccc2Br)nn1-c1ncccc1Br. The van der Waals surface area contributed by atoms with E-state index < -0.39 is 15.9 Å². The van der Waals surface area contributed by atoms with E-state index in [1.807, 2.05) is 4.72 Å². The molecule has 0 saturated carbocycles. The zero-order valence-corrected chi connectivity index (χ0v) is 17.3. The van der Waals surface area contributed by atoms with Gasteiger partial charge in [-0.2, -0.15) is 5.10 Å². The maximum absolute atomic E-state index is 12.4. The molecule has 0 atom stereocenters. The van der Waals surface area contributed by atoms with Gasteiger partial charge in [0, 0.05) is 16.4 Å². The highest BCUT2D eigenvalue weighted by Crippen LogP contribution is 2.22. The second kappa shape index (κ2) is 7.29. The number of nitrogens with zero attached hydrogens (tertiary/aromatic N) is 3. The molecule has 2 heterocycles. The van der Waals surface area contributed by atoms with E-state index in [4.69, 9.17) is 0 Å². The molecule has 0 unspecified atom stereocenters. The van der Waals surface area contributed by atoms with Crippen LogP contribution < -0.4 is 4.72 Å². The summed E-state index contributed by atoms with van der Waals surface area (Å²) in [6.45, 7) is 1.74. The molecule has 0 fully saturated rings.